The molecule has 4 rings (SSSR count). The second-order valence-corrected chi connectivity index (χ2v) is 8.34. The number of aryl methyl sites for hydroxylation is 1. The molecular weight excluding hydrogens is 394 g/mol. The zero-order valence-electron chi connectivity index (χ0n) is 15.8. The molecule has 0 amide bonds. The number of ether oxygens (including phenoxy) is 3. The molecule has 1 aliphatic rings. The molecule has 2 heterocycles. The van der Waals surface area contributed by atoms with Crippen molar-refractivity contribution in [3.05, 3.63) is 50.7 Å². The van der Waals surface area contributed by atoms with Gasteiger partial charge in [0.05, 0.1) is 31.0 Å². The Morgan fingerprint density at radius 1 is 1.11 bits per heavy atom. The number of carbonyl (C=O) groups excluding carboxylic acids is 1. The fraction of sp³-hybridized carbons (Fsp3) is 0.333. The third-order valence-corrected chi connectivity index (χ3v) is 6.83. The summed E-state index contributed by atoms with van der Waals surface area (Å²) in [4.78, 5) is 18.5. The minimum Gasteiger partial charge on any atom is -0.493 e. The lowest BCUT2D eigenvalue weighted by molar-refractivity contribution is 0.0467. The fourth-order valence-electron chi connectivity index (χ4n) is 3.43. The first-order valence-corrected chi connectivity index (χ1v) is 10.9. The molecule has 0 spiro atoms. The average Bonchev–Trinajstić information content (AvgIpc) is 3.38. The molecule has 7 heteroatoms. The third-order valence-electron chi connectivity index (χ3n) is 4.82. The van der Waals surface area contributed by atoms with Gasteiger partial charge in [-0.2, -0.15) is 0 Å². The molecule has 0 aliphatic heterocycles. The monoisotopic (exact) mass is 415 g/mol. The number of hydrogen-bond acceptors (Lipinski definition) is 7. The molecule has 0 unspecified atom stereocenters. The van der Waals surface area contributed by atoms with Crippen molar-refractivity contribution in [1.29, 1.82) is 0 Å². The number of fused-ring (bicyclic) bond motifs is 1. The van der Waals surface area contributed by atoms with Crippen LogP contribution in [0.2, 0.25) is 0 Å². The smallest absolute Gasteiger partial charge is 0.339 e. The first kappa shape index (κ1) is 19.0. The van der Waals surface area contributed by atoms with Gasteiger partial charge in [-0.15, -0.1) is 22.7 Å². The van der Waals surface area contributed by atoms with Gasteiger partial charge in [-0.25, -0.2) is 9.78 Å². The maximum absolute atomic E-state index is 12.5. The van der Waals surface area contributed by atoms with E-state index >= 15 is 0 Å². The molecule has 0 bridgehead atoms. The Kier molecular flexibility index (Phi) is 5.64. The van der Waals surface area contributed by atoms with Gasteiger partial charge in [0.2, 0.25) is 0 Å². The molecule has 28 heavy (non-hydrogen) atoms. The van der Waals surface area contributed by atoms with Crippen LogP contribution in [0.25, 0.3) is 10.6 Å². The maximum atomic E-state index is 12.5. The van der Waals surface area contributed by atoms with Crippen LogP contribution in [0.4, 0.5) is 0 Å². The largest absolute Gasteiger partial charge is 0.493 e. The van der Waals surface area contributed by atoms with Gasteiger partial charge < -0.3 is 14.2 Å². The molecule has 5 nitrogen and oxygen atoms in total. The van der Waals surface area contributed by atoms with Gasteiger partial charge in [0.25, 0.3) is 0 Å². The van der Waals surface area contributed by atoms with Crippen molar-refractivity contribution in [2.75, 3.05) is 14.2 Å². The van der Waals surface area contributed by atoms with Gasteiger partial charge in [-0.1, -0.05) is 6.07 Å². The number of benzene rings is 1. The van der Waals surface area contributed by atoms with E-state index in [1.165, 1.54) is 28.2 Å². The molecule has 0 saturated heterocycles. The van der Waals surface area contributed by atoms with Crippen LogP contribution in [0.15, 0.2) is 29.0 Å². The highest BCUT2D eigenvalue weighted by molar-refractivity contribution is 7.13. The maximum Gasteiger partial charge on any atom is 0.339 e. The summed E-state index contributed by atoms with van der Waals surface area (Å²) in [6.45, 7) is 0.159. The summed E-state index contributed by atoms with van der Waals surface area (Å²) in [5.41, 5.74) is 3.49. The molecular formula is C21H21NO4S2. The van der Waals surface area contributed by atoms with Crippen molar-refractivity contribution in [3.8, 4) is 22.1 Å². The fourth-order valence-corrected chi connectivity index (χ4v) is 5.38. The van der Waals surface area contributed by atoms with Crippen LogP contribution in [-0.2, 0) is 24.2 Å². The lowest BCUT2D eigenvalue weighted by atomic mass is 9.96. The summed E-state index contributed by atoms with van der Waals surface area (Å²) in [7, 11) is 3.22. The number of para-hydroxylation sites is 1. The van der Waals surface area contributed by atoms with Crippen molar-refractivity contribution in [2.24, 2.45) is 0 Å². The molecule has 2 aromatic heterocycles. The lowest BCUT2D eigenvalue weighted by Crippen LogP contribution is -2.09. The molecule has 0 radical (unpaired) electrons. The Bertz CT molecular complexity index is 992. The molecule has 0 saturated carbocycles. The highest BCUT2D eigenvalue weighted by atomic mass is 32.1. The topological polar surface area (TPSA) is 57.7 Å². The van der Waals surface area contributed by atoms with Crippen LogP contribution in [0.1, 0.15) is 39.3 Å². The summed E-state index contributed by atoms with van der Waals surface area (Å²) in [6.07, 6.45) is 4.39. The van der Waals surface area contributed by atoms with E-state index in [1.807, 2.05) is 29.0 Å². The van der Waals surface area contributed by atoms with Crippen molar-refractivity contribution < 1.29 is 19.0 Å². The Balaban J connectivity index is 1.47. The summed E-state index contributed by atoms with van der Waals surface area (Å²) in [5, 5.41) is 4.64. The van der Waals surface area contributed by atoms with Gasteiger partial charge in [0, 0.05) is 15.6 Å². The zero-order chi connectivity index (χ0) is 19.5. The van der Waals surface area contributed by atoms with Gasteiger partial charge in [-0.3, -0.25) is 0 Å². The van der Waals surface area contributed by atoms with Crippen LogP contribution < -0.4 is 9.47 Å². The minimum absolute atomic E-state index is 0.159. The van der Waals surface area contributed by atoms with Gasteiger partial charge in [0.15, 0.2) is 11.5 Å². The molecule has 146 valence electrons. The van der Waals surface area contributed by atoms with Crippen LogP contribution in [0, 0.1) is 0 Å². The summed E-state index contributed by atoms with van der Waals surface area (Å²) in [5.74, 6) is 1.05. The van der Waals surface area contributed by atoms with Crippen molar-refractivity contribution >= 4 is 28.6 Å². The first-order valence-electron chi connectivity index (χ1n) is 9.13. The summed E-state index contributed by atoms with van der Waals surface area (Å²) < 4.78 is 16.4. The normalized spacial score (nSPS) is 13.1. The lowest BCUT2D eigenvalue weighted by Gasteiger charge is -2.12. The number of carbonyl (C=O) groups is 1. The van der Waals surface area contributed by atoms with Crippen molar-refractivity contribution in [2.45, 2.75) is 32.3 Å². The highest BCUT2D eigenvalue weighted by Crippen LogP contribution is 2.39. The minimum atomic E-state index is -0.257. The number of hydrogen-bond donors (Lipinski definition) is 0. The Hall–Kier alpha value is -2.38. The number of esters is 1. The number of thiazole rings is 1. The second kappa shape index (κ2) is 8.32. The van der Waals surface area contributed by atoms with E-state index in [9.17, 15) is 4.79 Å². The molecule has 3 aromatic rings. The zero-order valence-corrected chi connectivity index (χ0v) is 17.5. The predicted molar refractivity (Wildman–Crippen MR) is 111 cm³/mol. The number of thiophene rings is 1. The number of rotatable bonds is 6. The Morgan fingerprint density at radius 3 is 2.79 bits per heavy atom. The molecule has 0 atom stereocenters. The van der Waals surface area contributed by atoms with E-state index < -0.39 is 0 Å². The standard InChI is InChI=1S/C21H21NO4S2/c1-24-17-8-5-7-15(19(17)25-2)20-22-13(11-28-20)10-26-21(23)16-12-27-18-9-4-3-6-14(16)18/h5,7-8,11-12H,3-4,6,9-10H2,1-2H3. The quantitative estimate of drug-likeness (QED) is 0.523. The van der Waals surface area contributed by atoms with Crippen LogP contribution in [0.3, 0.4) is 0 Å². The van der Waals surface area contributed by atoms with E-state index in [-0.39, 0.29) is 12.6 Å². The summed E-state index contributed by atoms with van der Waals surface area (Å²) in [6, 6.07) is 5.69. The van der Waals surface area contributed by atoms with Crippen LogP contribution >= 0.6 is 22.7 Å². The Labute approximate surface area is 171 Å². The predicted octanol–water partition coefficient (Wildman–Crippen LogP) is 5.12. The van der Waals surface area contributed by atoms with E-state index in [1.54, 1.807) is 25.6 Å². The van der Waals surface area contributed by atoms with Gasteiger partial charge in [0.1, 0.15) is 11.6 Å². The van der Waals surface area contributed by atoms with E-state index in [0.29, 0.717) is 11.5 Å². The van der Waals surface area contributed by atoms with E-state index in [2.05, 4.69) is 4.98 Å². The van der Waals surface area contributed by atoms with E-state index in [4.69, 9.17) is 14.2 Å². The van der Waals surface area contributed by atoms with Crippen LogP contribution in [0.5, 0.6) is 11.5 Å². The molecule has 1 aromatic carbocycles. The Morgan fingerprint density at radius 2 is 1.96 bits per heavy atom. The average molecular weight is 416 g/mol. The summed E-state index contributed by atoms with van der Waals surface area (Å²) >= 11 is 3.16. The molecule has 0 N–H and O–H groups in total. The molecule has 1 aliphatic carbocycles. The van der Waals surface area contributed by atoms with Crippen molar-refractivity contribution in [3.63, 3.8) is 0 Å². The first-order chi connectivity index (χ1) is 13.7. The second-order valence-electron chi connectivity index (χ2n) is 6.52. The third kappa shape index (κ3) is 3.64. The molecule has 0 fully saturated rings. The number of nitrogens with zero attached hydrogens (tertiary/aromatic N) is 1. The highest BCUT2D eigenvalue weighted by Gasteiger charge is 2.21. The van der Waals surface area contributed by atoms with Crippen LogP contribution in [-0.4, -0.2) is 25.2 Å². The van der Waals surface area contributed by atoms with E-state index in [0.717, 1.165) is 41.1 Å². The van der Waals surface area contributed by atoms with Crippen molar-refractivity contribution in [1.82, 2.24) is 4.98 Å². The van der Waals surface area contributed by atoms with Gasteiger partial charge in [-0.05, 0) is 43.4 Å². The number of methoxy groups -OCH3 is 2. The number of aromatic nitrogens is 1. The van der Waals surface area contributed by atoms with Gasteiger partial charge >= 0.3 is 5.97 Å². The SMILES string of the molecule is COc1cccc(-c2nc(COC(=O)c3csc4c3CCCC4)cs2)c1OC.